The van der Waals surface area contributed by atoms with E-state index >= 15 is 0 Å². The standard InChI is InChI=1S/C4H3ClN2O2S/c1-2-3(4(8)9-5)10-7-6-2/h1H3. The molecule has 0 aliphatic heterocycles. The first kappa shape index (κ1) is 7.43. The molecule has 10 heavy (non-hydrogen) atoms. The molecular weight excluding hydrogens is 176 g/mol. The molecule has 1 aromatic heterocycles. The van der Waals surface area contributed by atoms with Gasteiger partial charge in [0.15, 0.2) is 4.88 Å². The summed E-state index contributed by atoms with van der Waals surface area (Å²) in [6, 6.07) is 0. The Hall–Kier alpha value is -0.680. The van der Waals surface area contributed by atoms with E-state index in [1.54, 1.807) is 6.92 Å². The van der Waals surface area contributed by atoms with Gasteiger partial charge in [0, 0.05) is 0 Å². The lowest BCUT2D eigenvalue weighted by Crippen LogP contribution is -1.96. The van der Waals surface area contributed by atoms with Gasteiger partial charge in [0.1, 0.15) is 11.9 Å². The van der Waals surface area contributed by atoms with Crippen molar-refractivity contribution in [3.05, 3.63) is 10.6 Å². The molecule has 0 N–H and O–H groups in total. The molecule has 0 aromatic carbocycles. The van der Waals surface area contributed by atoms with Crippen molar-refractivity contribution in [1.29, 1.82) is 0 Å². The lowest BCUT2D eigenvalue weighted by Gasteiger charge is -1.87. The van der Waals surface area contributed by atoms with Crippen LogP contribution in [0.15, 0.2) is 0 Å². The van der Waals surface area contributed by atoms with Gasteiger partial charge in [0.05, 0.1) is 5.69 Å². The third kappa shape index (κ3) is 1.25. The van der Waals surface area contributed by atoms with Crippen LogP contribution < -0.4 is 0 Å². The molecule has 0 amide bonds. The first-order valence-electron chi connectivity index (χ1n) is 2.37. The molecule has 54 valence electrons. The van der Waals surface area contributed by atoms with Gasteiger partial charge in [-0.15, -0.1) is 5.10 Å². The minimum atomic E-state index is -0.603. The Labute approximate surface area is 66.1 Å². The van der Waals surface area contributed by atoms with E-state index in [0.717, 1.165) is 11.5 Å². The summed E-state index contributed by atoms with van der Waals surface area (Å²) >= 11 is 5.78. The van der Waals surface area contributed by atoms with Crippen LogP contribution in [0.25, 0.3) is 0 Å². The molecular formula is C4H3ClN2O2S. The van der Waals surface area contributed by atoms with Crippen LogP contribution in [0.1, 0.15) is 15.4 Å². The van der Waals surface area contributed by atoms with Crippen LogP contribution in [0.3, 0.4) is 0 Å². The zero-order chi connectivity index (χ0) is 7.56. The van der Waals surface area contributed by atoms with Crippen molar-refractivity contribution in [2.75, 3.05) is 0 Å². The first-order valence-corrected chi connectivity index (χ1v) is 3.45. The van der Waals surface area contributed by atoms with E-state index < -0.39 is 5.97 Å². The highest BCUT2D eigenvalue weighted by Gasteiger charge is 2.13. The number of halogens is 1. The molecule has 0 aliphatic rings. The van der Waals surface area contributed by atoms with Crippen LogP contribution in [-0.2, 0) is 4.29 Å². The monoisotopic (exact) mass is 178 g/mol. The predicted molar refractivity (Wildman–Crippen MR) is 35.9 cm³/mol. The van der Waals surface area contributed by atoms with Gasteiger partial charge in [0.2, 0.25) is 0 Å². The van der Waals surface area contributed by atoms with Crippen molar-refractivity contribution in [3.8, 4) is 0 Å². The number of rotatable bonds is 1. The van der Waals surface area contributed by atoms with Gasteiger partial charge in [0.25, 0.3) is 0 Å². The van der Waals surface area contributed by atoms with E-state index in [1.165, 1.54) is 0 Å². The maximum Gasteiger partial charge on any atom is 0.369 e. The average Bonchev–Trinajstić information content (AvgIpc) is 2.34. The third-order valence-corrected chi connectivity index (χ3v) is 1.86. The van der Waals surface area contributed by atoms with Gasteiger partial charge in [-0.3, -0.25) is 0 Å². The highest BCUT2D eigenvalue weighted by atomic mass is 35.5. The van der Waals surface area contributed by atoms with Crippen LogP contribution in [0.5, 0.6) is 0 Å². The second-order valence-corrected chi connectivity index (χ2v) is 2.46. The van der Waals surface area contributed by atoms with E-state index in [2.05, 4.69) is 13.9 Å². The van der Waals surface area contributed by atoms with Gasteiger partial charge < -0.3 is 4.29 Å². The summed E-state index contributed by atoms with van der Waals surface area (Å²) in [5.41, 5.74) is 0.538. The number of aryl methyl sites for hydroxylation is 1. The normalized spacial score (nSPS) is 9.40. The van der Waals surface area contributed by atoms with Crippen LogP contribution in [0.2, 0.25) is 0 Å². The second kappa shape index (κ2) is 2.94. The molecule has 1 heterocycles. The maximum absolute atomic E-state index is 10.7. The van der Waals surface area contributed by atoms with Crippen molar-refractivity contribution in [1.82, 2.24) is 9.59 Å². The van der Waals surface area contributed by atoms with Crippen LogP contribution >= 0.6 is 23.4 Å². The molecule has 0 fully saturated rings. The van der Waals surface area contributed by atoms with Gasteiger partial charge in [-0.2, -0.15) is 0 Å². The zero-order valence-electron chi connectivity index (χ0n) is 5.00. The van der Waals surface area contributed by atoms with E-state index in [9.17, 15) is 4.79 Å². The molecule has 1 aromatic rings. The fraction of sp³-hybridized carbons (Fsp3) is 0.250. The van der Waals surface area contributed by atoms with E-state index in [-0.39, 0.29) is 0 Å². The van der Waals surface area contributed by atoms with E-state index in [1.807, 2.05) is 0 Å². The molecule has 4 nitrogen and oxygen atoms in total. The summed E-state index contributed by atoms with van der Waals surface area (Å²) in [4.78, 5) is 11.0. The van der Waals surface area contributed by atoms with E-state index in [4.69, 9.17) is 11.9 Å². The Bertz CT molecular complexity index is 249. The third-order valence-electron chi connectivity index (χ3n) is 0.907. The van der Waals surface area contributed by atoms with Crippen LogP contribution in [0.4, 0.5) is 0 Å². The number of hydrogen-bond acceptors (Lipinski definition) is 5. The Balaban J connectivity index is 2.93. The molecule has 0 saturated heterocycles. The fourth-order valence-corrected chi connectivity index (χ4v) is 1.11. The topological polar surface area (TPSA) is 52.1 Å². The molecule has 6 heteroatoms. The lowest BCUT2D eigenvalue weighted by molar-refractivity contribution is 0.0755. The number of aromatic nitrogens is 2. The highest BCUT2D eigenvalue weighted by Crippen LogP contribution is 2.10. The van der Waals surface area contributed by atoms with Crippen molar-refractivity contribution < 1.29 is 9.08 Å². The quantitative estimate of drug-likeness (QED) is 0.648. The summed E-state index contributed by atoms with van der Waals surface area (Å²) in [6.45, 7) is 1.66. The summed E-state index contributed by atoms with van der Waals surface area (Å²) in [7, 11) is 0. The summed E-state index contributed by atoms with van der Waals surface area (Å²) in [5, 5.41) is 3.59. The van der Waals surface area contributed by atoms with Gasteiger partial charge in [-0.1, -0.05) is 4.49 Å². The maximum atomic E-state index is 10.7. The fourth-order valence-electron chi connectivity index (χ4n) is 0.454. The highest BCUT2D eigenvalue weighted by molar-refractivity contribution is 7.07. The Kier molecular flexibility index (Phi) is 2.18. The number of carbonyl (C=O) groups excluding carboxylic acids is 1. The molecule has 1 rings (SSSR count). The summed E-state index contributed by atoms with van der Waals surface area (Å²) in [5.74, 6) is -0.603. The molecule has 0 spiro atoms. The number of hydrogen-bond donors (Lipinski definition) is 0. The van der Waals surface area contributed by atoms with Crippen molar-refractivity contribution in [2.24, 2.45) is 0 Å². The predicted octanol–water partition coefficient (Wildman–Crippen LogP) is 1.16. The summed E-state index contributed by atoms with van der Waals surface area (Å²) in [6.07, 6.45) is 0. The second-order valence-electron chi connectivity index (χ2n) is 1.55. The smallest absolute Gasteiger partial charge is 0.342 e. The van der Waals surface area contributed by atoms with Gasteiger partial charge >= 0.3 is 5.97 Å². The van der Waals surface area contributed by atoms with Gasteiger partial charge in [-0.05, 0) is 18.5 Å². The Morgan fingerprint density at radius 2 is 2.50 bits per heavy atom. The minimum absolute atomic E-state index is 0.343. The molecule has 0 radical (unpaired) electrons. The number of nitrogens with zero attached hydrogens (tertiary/aromatic N) is 2. The molecule has 0 atom stereocenters. The largest absolute Gasteiger partial charge is 0.369 e. The zero-order valence-corrected chi connectivity index (χ0v) is 6.57. The Morgan fingerprint density at radius 1 is 1.80 bits per heavy atom. The van der Waals surface area contributed by atoms with Crippen molar-refractivity contribution in [3.63, 3.8) is 0 Å². The SMILES string of the molecule is Cc1nnsc1C(=O)OCl. The van der Waals surface area contributed by atoms with Gasteiger partial charge in [-0.25, -0.2) is 4.79 Å². The molecule has 0 unspecified atom stereocenters. The van der Waals surface area contributed by atoms with Crippen molar-refractivity contribution in [2.45, 2.75) is 6.92 Å². The lowest BCUT2D eigenvalue weighted by atomic mass is 10.4. The van der Waals surface area contributed by atoms with Crippen molar-refractivity contribution >= 4 is 29.4 Å². The Morgan fingerprint density at radius 3 is 2.90 bits per heavy atom. The minimum Gasteiger partial charge on any atom is -0.342 e. The molecule has 0 bridgehead atoms. The molecule has 0 aliphatic carbocycles. The molecule has 0 saturated carbocycles. The average molecular weight is 179 g/mol. The summed E-state index contributed by atoms with van der Waals surface area (Å²) < 4.78 is 7.46. The van der Waals surface area contributed by atoms with Crippen LogP contribution in [-0.4, -0.2) is 15.6 Å². The van der Waals surface area contributed by atoms with E-state index in [0.29, 0.717) is 10.6 Å². The first-order chi connectivity index (χ1) is 4.75. The van der Waals surface area contributed by atoms with Crippen LogP contribution in [0, 0.1) is 6.92 Å². The number of carbonyl (C=O) groups is 1.